The number of rotatable bonds is 5. The number of anilines is 1. The van der Waals surface area contributed by atoms with Crippen LogP contribution in [0.1, 0.15) is 16.7 Å². The van der Waals surface area contributed by atoms with Crippen molar-refractivity contribution in [3.63, 3.8) is 0 Å². The summed E-state index contributed by atoms with van der Waals surface area (Å²) in [5, 5.41) is 20.2. The second kappa shape index (κ2) is 8.66. The maximum absolute atomic E-state index is 11.8. The second-order valence-corrected chi connectivity index (χ2v) is 4.88. The third kappa shape index (κ3) is 5.34. The SMILES string of the molecule is N#Cc1ccc(/C=C/C(=O)OCC(=O)Nc2ccccc2C#N)cc1. The highest BCUT2D eigenvalue weighted by molar-refractivity contribution is 5.95. The van der Waals surface area contributed by atoms with Crippen molar-refractivity contribution < 1.29 is 14.3 Å². The molecular formula is C19H13N3O3. The van der Waals surface area contributed by atoms with Crippen LogP contribution in [0.15, 0.2) is 54.6 Å². The van der Waals surface area contributed by atoms with Crippen LogP contribution < -0.4 is 5.32 Å². The Kier molecular flexibility index (Phi) is 6.05. The molecule has 25 heavy (non-hydrogen) atoms. The van der Waals surface area contributed by atoms with Crippen LogP contribution in [0.25, 0.3) is 6.08 Å². The molecule has 0 saturated carbocycles. The Morgan fingerprint density at radius 3 is 2.44 bits per heavy atom. The minimum Gasteiger partial charge on any atom is -0.452 e. The molecule has 0 heterocycles. The number of nitrogens with one attached hydrogen (secondary N) is 1. The number of esters is 1. The Bertz CT molecular complexity index is 887. The molecule has 0 aliphatic heterocycles. The number of hydrogen-bond acceptors (Lipinski definition) is 5. The zero-order chi connectivity index (χ0) is 18.1. The van der Waals surface area contributed by atoms with Crippen LogP contribution in [0.3, 0.4) is 0 Å². The topological polar surface area (TPSA) is 103 Å². The fourth-order valence-corrected chi connectivity index (χ4v) is 1.89. The lowest BCUT2D eigenvalue weighted by atomic mass is 10.1. The molecule has 1 N–H and O–H groups in total. The normalized spacial score (nSPS) is 9.84. The fraction of sp³-hybridized carbons (Fsp3) is 0.0526. The zero-order valence-corrected chi connectivity index (χ0v) is 13.1. The van der Waals surface area contributed by atoms with E-state index in [-0.39, 0.29) is 0 Å². The van der Waals surface area contributed by atoms with Gasteiger partial charge in [-0.3, -0.25) is 4.79 Å². The average molecular weight is 331 g/mol. The lowest BCUT2D eigenvalue weighted by Gasteiger charge is -2.06. The van der Waals surface area contributed by atoms with E-state index in [1.165, 1.54) is 12.2 Å². The highest BCUT2D eigenvalue weighted by Gasteiger charge is 2.08. The molecule has 0 atom stereocenters. The van der Waals surface area contributed by atoms with Crippen molar-refractivity contribution in [1.82, 2.24) is 0 Å². The Hall–Kier alpha value is -3.90. The summed E-state index contributed by atoms with van der Waals surface area (Å²) in [5.41, 5.74) is 1.93. The fourth-order valence-electron chi connectivity index (χ4n) is 1.89. The van der Waals surface area contributed by atoms with Gasteiger partial charge in [-0.25, -0.2) is 4.79 Å². The van der Waals surface area contributed by atoms with E-state index < -0.39 is 18.5 Å². The van der Waals surface area contributed by atoms with Gasteiger partial charge in [0.05, 0.1) is 22.9 Å². The number of carbonyl (C=O) groups excluding carboxylic acids is 2. The zero-order valence-electron chi connectivity index (χ0n) is 13.1. The summed E-state index contributed by atoms with van der Waals surface area (Å²) in [5.74, 6) is -1.21. The van der Waals surface area contributed by atoms with Gasteiger partial charge in [0.25, 0.3) is 5.91 Å². The van der Waals surface area contributed by atoms with Crippen molar-refractivity contribution in [2.75, 3.05) is 11.9 Å². The lowest BCUT2D eigenvalue weighted by molar-refractivity contribution is -0.142. The maximum atomic E-state index is 11.8. The van der Waals surface area contributed by atoms with E-state index in [1.807, 2.05) is 12.1 Å². The van der Waals surface area contributed by atoms with Crippen LogP contribution in [0.4, 0.5) is 5.69 Å². The number of carbonyl (C=O) groups is 2. The van der Waals surface area contributed by atoms with Gasteiger partial charge in [0.1, 0.15) is 6.07 Å². The van der Waals surface area contributed by atoms with Crippen LogP contribution >= 0.6 is 0 Å². The summed E-state index contributed by atoms with van der Waals surface area (Å²) in [7, 11) is 0. The van der Waals surface area contributed by atoms with E-state index in [2.05, 4.69) is 5.32 Å². The largest absolute Gasteiger partial charge is 0.452 e. The minimum absolute atomic E-state index is 0.322. The number of para-hydroxylation sites is 1. The number of nitrogens with zero attached hydrogens (tertiary/aromatic N) is 2. The predicted octanol–water partition coefficient (Wildman–Crippen LogP) is 2.63. The number of amides is 1. The minimum atomic E-state index is -0.673. The summed E-state index contributed by atoms with van der Waals surface area (Å²) in [6.07, 6.45) is 2.71. The third-order valence-corrected chi connectivity index (χ3v) is 3.12. The molecule has 0 aromatic heterocycles. The standard InChI is InChI=1S/C19H13N3O3/c20-11-15-7-5-14(6-8-15)9-10-19(24)25-13-18(23)22-17-4-2-1-3-16(17)12-21/h1-10H,13H2,(H,22,23)/b10-9+. The number of benzene rings is 2. The first-order valence-electron chi connectivity index (χ1n) is 7.26. The van der Waals surface area contributed by atoms with Crippen molar-refractivity contribution >= 4 is 23.6 Å². The molecule has 122 valence electrons. The molecule has 2 aromatic carbocycles. The number of hydrogen-bond donors (Lipinski definition) is 1. The molecule has 0 fully saturated rings. The van der Waals surface area contributed by atoms with E-state index >= 15 is 0 Å². The Morgan fingerprint density at radius 1 is 1.04 bits per heavy atom. The molecule has 0 radical (unpaired) electrons. The molecule has 2 rings (SSSR count). The Balaban J connectivity index is 1.85. The molecule has 6 nitrogen and oxygen atoms in total. The molecule has 0 spiro atoms. The van der Waals surface area contributed by atoms with E-state index in [9.17, 15) is 9.59 Å². The Labute approximate surface area is 144 Å². The molecule has 0 aliphatic rings. The van der Waals surface area contributed by atoms with Gasteiger partial charge >= 0.3 is 5.97 Å². The van der Waals surface area contributed by atoms with E-state index in [4.69, 9.17) is 15.3 Å². The van der Waals surface area contributed by atoms with Crippen molar-refractivity contribution in [2.45, 2.75) is 0 Å². The van der Waals surface area contributed by atoms with Gasteiger partial charge in [-0.2, -0.15) is 10.5 Å². The second-order valence-electron chi connectivity index (χ2n) is 4.88. The molecular weight excluding hydrogens is 318 g/mol. The Morgan fingerprint density at radius 2 is 1.76 bits per heavy atom. The van der Waals surface area contributed by atoms with E-state index in [0.29, 0.717) is 16.8 Å². The quantitative estimate of drug-likeness (QED) is 0.670. The monoisotopic (exact) mass is 331 g/mol. The summed E-state index contributed by atoms with van der Waals surface area (Å²) >= 11 is 0. The van der Waals surface area contributed by atoms with Gasteiger partial charge in [0, 0.05) is 6.08 Å². The van der Waals surface area contributed by atoms with Crippen LogP contribution in [0.5, 0.6) is 0 Å². The highest BCUT2D eigenvalue weighted by Crippen LogP contribution is 2.13. The maximum Gasteiger partial charge on any atom is 0.331 e. The van der Waals surface area contributed by atoms with Gasteiger partial charge in [0.15, 0.2) is 6.61 Å². The lowest BCUT2D eigenvalue weighted by Crippen LogP contribution is -2.20. The number of nitriles is 2. The first kappa shape index (κ1) is 17.5. The highest BCUT2D eigenvalue weighted by atomic mass is 16.5. The summed E-state index contributed by atoms with van der Waals surface area (Å²) in [4.78, 5) is 23.4. The van der Waals surface area contributed by atoms with Crippen LogP contribution in [-0.4, -0.2) is 18.5 Å². The van der Waals surface area contributed by atoms with Crippen molar-refractivity contribution in [3.05, 3.63) is 71.3 Å². The van der Waals surface area contributed by atoms with E-state index in [0.717, 1.165) is 5.56 Å². The molecule has 0 bridgehead atoms. The molecule has 1 amide bonds. The van der Waals surface area contributed by atoms with Gasteiger partial charge in [-0.05, 0) is 35.9 Å². The predicted molar refractivity (Wildman–Crippen MR) is 90.9 cm³/mol. The van der Waals surface area contributed by atoms with Crippen molar-refractivity contribution in [1.29, 1.82) is 10.5 Å². The molecule has 2 aromatic rings. The van der Waals surface area contributed by atoms with Crippen molar-refractivity contribution in [2.24, 2.45) is 0 Å². The van der Waals surface area contributed by atoms with Gasteiger partial charge in [-0.15, -0.1) is 0 Å². The third-order valence-electron chi connectivity index (χ3n) is 3.12. The first-order valence-corrected chi connectivity index (χ1v) is 7.26. The van der Waals surface area contributed by atoms with Gasteiger partial charge in [0.2, 0.25) is 0 Å². The molecule has 0 unspecified atom stereocenters. The molecule has 6 heteroatoms. The van der Waals surface area contributed by atoms with Crippen LogP contribution in [0, 0.1) is 22.7 Å². The average Bonchev–Trinajstić information content (AvgIpc) is 2.65. The summed E-state index contributed by atoms with van der Waals surface area (Å²) < 4.78 is 4.84. The van der Waals surface area contributed by atoms with E-state index in [1.54, 1.807) is 48.5 Å². The molecule has 0 saturated heterocycles. The molecule has 0 aliphatic carbocycles. The van der Waals surface area contributed by atoms with Crippen LogP contribution in [0.2, 0.25) is 0 Å². The summed E-state index contributed by atoms with van der Waals surface area (Å²) in [6, 6.07) is 17.1. The first-order chi connectivity index (χ1) is 12.1. The van der Waals surface area contributed by atoms with Gasteiger partial charge < -0.3 is 10.1 Å². The summed E-state index contributed by atoms with van der Waals surface area (Å²) in [6.45, 7) is -0.462. The smallest absolute Gasteiger partial charge is 0.331 e. The van der Waals surface area contributed by atoms with Gasteiger partial charge in [-0.1, -0.05) is 24.3 Å². The van der Waals surface area contributed by atoms with Crippen molar-refractivity contribution in [3.8, 4) is 12.1 Å². The van der Waals surface area contributed by atoms with Crippen LogP contribution in [-0.2, 0) is 14.3 Å². The number of ether oxygens (including phenoxy) is 1.